The molecule has 0 atom stereocenters. The van der Waals surface area contributed by atoms with Crippen LogP contribution in [-0.4, -0.2) is 16.2 Å². The fraction of sp³-hybridized carbons (Fsp3) is 0. The van der Waals surface area contributed by atoms with Crippen molar-refractivity contribution in [2.24, 2.45) is 0 Å². The van der Waals surface area contributed by atoms with Crippen LogP contribution < -0.4 is 0 Å². The third-order valence-corrected chi connectivity index (χ3v) is 3.54. The average molecular weight is 290 g/mol. The molecule has 2 N–H and O–H groups in total. The molecule has 3 heteroatoms. The molecule has 0 amide bonds. The number of aromatic carboxylic acids is 1. The van der Waals surface area contributed by atoms with Crippen LogP contribution in [0.25, 0.3) is 22.3 Å². The fourth-order valence-corrected chi connectivity index (χ4v) is 2.52. The number of hydrogen-bond donors (Lipinski definition) is 2. The highest BCUT2D eigenvalue weighted by atomic mass is 16.4. The Bertz CT molecular complexity index is 806. The van der Waals surface area contributed by atoms with Gasteiger partial charge in [0, 0.05) is 0 Å². The van der Waals surface area contributed by atoms with E-state index in [1.54, 1.807) is 30.3 Å². The second-order valence-electron chi connectivity index (χ2n) is 4.95. The maximum Gasteiger partial charge on any atom is 0.336 e. The first kappa shape index (κ1) is 13.9. The summed E-state index contributed by atoms with van der Waals surface area (Å²) in [6.07, 6.45) is 0. The van der Waals surface area contributed by atoms with Crippen molar-refractivity contribution in [3.63, 3.8) is 0 Å². The van der Waals surface area contributed by atoms with Gasteiger partial charge in [-0.25, -0.2) is 4.79 Å². The van der Waals surface area contributed by atoms with Crippen molar-refractivity contribution in [3.05, 3.63) is 78.4 Å². The largest absolute Gasteiger partial charge is 0.508 e. The molecule has 0 saturated heterocycles. The minimum absolute atomic E-state index is 0.153. The lowest BCUT2D eigenvalue weighted by atomic mass is 9.92. The molecule has 3 aromatic rings. The molecule has 0 aliphatic carbocycles. The Morgan fingerprint density at radius 2 is 1.23 bits per heavy atom. The molecule has 0 radical (unpaired) electrons. The van der Waals surface area contributed by atoms with E-state index in [0.717, 1.165) is 11.1 Å². The van der Waals surface area contributed by atoms with Gasteiger partial charge in [0.25, 0.3) is 0 Å². The van der Waals surface area contributed by atoms with Gasteiger partial charge in [0.05, 0.1) is 5.56 Å². The molecule has 3 nitrogen and oxygen atoms in total. The summed E-state index contributed by atoms with van der Waals surface area (Å²) in [4.78, 5) is 11.8. The molecule has 0 aliphatic rings. The number of benzene rings is 3. The molecular weight excluding hydrogens is 276 g/mol. The zero-order chi connectivity index (χ0) is 15.5. The van der Waals surface area contributed by atoms with Crippen LogP contribution in [0.1, 0.15) is 10.4 Å². The zero-order valence-corrected chi connectivity index (χ0v) is 11.7. The second kappa shape index (κ2) is 5.74. The van der Waals surface area contributed by atoms with Crippen LogP contribution >= 0.6 is 0 Å². The number of carboxylic acids is 1. The van der Waals surface area contributed by atoms with E-state index in [-0.39, 0.29) is 11.3 Å². The summed E-state index contributed by atoms with van der Waals surface area (Å²) in [5, 5.41) is 19.1. The van der Waals surface area contributed by atoms with Crippen molar-refractivity contribution in [3.8, 4) is 28.0 Å². The summed E-state index contributed by atoms with van der Waals surface area (Å²) in [5.74, 6) is -0.817. The van der Waals surface area contributed by atoms with E-state index in [9.17, 15) is 15.0 Å². The maximum atomic E-state index is 11.8. The van der Waals surface area contributed by atoms with Crippen LogP contribution in [0.15, 0.2) is 72.8 Å². The standard InChI is InChI=1S/C19H14O3/c20-15-11-9-14(10-12-15)17-8-4-7-16(18(17)19(21)22)13-5-2-1-3-6-13/h1-12,20H,(H,21,22). The molecule has 0 fully saturated rings. The van der Waals surface area contributed by atoms with Gasteiger partial charge in [-0.2, -0.15) is 0 Å². The Balaban J connectivity index is 2.24. The summed E-state index contributed by atoms with van der Waals surface area (Å²) < 4.78 is 0. The van der Waals surface area contributed by atoms with E-state index in [0.29, 0.717) is 11.1 Å². The highest BCUT2D eigenvalue weighted by Crippen LogP contribution is 2.33. The SMILES string of the molecule is O=C(O)c1c(-c2ccccc2)cccc1-c1ccc(O)cc1. The molecule has 0 bridgehead atoms. The van der Waals surface area contributed by atoms with Crippen LogP contribution in [0.3, 0.4) is 0 Å². The van der Waals surface area contributed by atoms with Crippen molar-refractivity contribution in [2.75, 3.05) is 0 Å². The predicted molar refractivity (Wildman–Crippen MR) is 85.9 cm³/mol. The molecule has 3 aromatic carbocycles. The lowest BCUT2D eigenvalue weighted by Crippen LogP contribution is -2.02. The van der Waals surface area contributed by atoms with Crippen molar-refractivity contribution in [1.82, 2.24) is 0 Å². The van der Waals surface area contributed by atoms with E-state index < -0.39 is 5.97 Å². The molecule has 0 aromatic heterocycles. The molecule has 3 rings (SSSR count). The Hall–Kier alpha value is -3.07. The summed E-state index contributed by atoms with van der Waals surface area (Å²) in [7, 11) is 0. The maximum absolute atomic E-state index is 11.8. The quantitative estimate of drug-likeness (QED) is 0.750. The fourth-order valence-electron chi connectivity index (χ4n) is 2.52. The minimum Gasteiger partial charge on any atom is -0.508 e. The predicted octanol–water partition coefficient (Wildman–Crippen LogP) is 4.42. The molecule has 108 valence electrons. The zero-order valence-electron chi connectivity index (χ0n) is 11.7. The molecule has 0 heterocycles. The van der Waals surface area contributed by atoms with E-state index in [2.05, 4.69) is 0 Å². The Kier molecular flexibility index (Phi) is 3.62. The smallest absolute Gasteiger partial charge is 0.336 e. The van der Waals surface area contributed by atoms with Gasteiger partial charge in [-0.15, -0.1) is 0 Å². The molecule has 0 unspecified atom stereocenters. The summed E-state index contributed by atoms with van der Waals surface area (Å²) in [6.45, 7) is 0. The Morgan fingerprint density at radius 1 is 0.682 bits per heavy atom. The number of phenols is 1. The van der Waals surface area contributed by atoms with Gasteiger partial charge in [0.1, 0.15) is 5.75 Å². The minimum atomic E-state index is -0.970. The molecule has 0 aliphatic heterocycles. The molecule has 0 saturated carbocycles. The molecule has 0 spiro atoms. The van der Waals surface area contributed by atoms with Crippen molar-refractivity contribution < 1.29 is 15.0 Å². The Morgan fingerprint density at radius 3 is 1.77 bits per heavy atom. The van der Waals surface area contributed by atoms with Gasteiger partial charge < -0.3 is 10.2 Å². The number of rotatable bonds is 3. The summed E-state index contributed by atoms with van der Waals surface area (Å²) >= 11 is 0. The first-order valence-electron chi connectivity index (χ1n) is 6.88. The number of aromatic hydroxyl groups is 1. The van der Waals surface area contributed by atoms with E-state index in [1.807, 2.05) is 42.5 Å². The first-order chi connectivity index (χ1) is 10.7. The van der Waals surface area contributed by atoms with Crippen molar-refractivity contribution in [1.29, 1.82) is 0 Å². The monoisotopic (exact) mass is 290 g/mol. The van der Waals surface area contributed by atoms with Gasteiger partial charge in [-0.1, -0.05) is 60.7 Å². The highest BCUT2D eigenvalue weighted by Gasteiger charge is 2.17. The van der Waals surface area contributed by atoms with Crippen LogP contribution in [0, 0.1) is 0 Å². The number of carbonyl (C=O) groups is 1. The Labute approximate surface area is 128 Å². The van der Waals surface area contributed by atoms with E-state index in [4.69, 9.17) is 0 Å². The lowest BCUT2D eigenvalue weighted by molar-refractivity contribution is 0.0698. The highest BCUT2D eigenvalue weighted by molar-refractivity contribution is 6.03. The first-order valence-corrected chi connectivity index (χ1v) is 6.88. The van der Waals surface area contributed by atoms with Gasteiger partial charge in [0.15, 0.2) is 0 Å². The number of carboxylic acid groups (broad SMARTS) is 1. The number of hydrogen-bond acceptors (Lipinski definition) is 2. The van der Waals surface area contributed by atoms with E-state index in [1.165, 1.54) is 0 Å². The van der Waals surface area contributed by atoms with Gasteiger partial charge in [-0.3, -0.25) is 0 Å². The van der Waals surface area contributed by atoms with Crippen molar-refractivity contribution >= 4 is 5.97 Å². The van der Waals surface area contributed by atoms with Gasteiger partial charge in [-0.05, 0) is 34.4 Å². The lowest BCUT2D eigenvalue weighted by Gasteiger charge is -2.12. The normalized spacial score (nSPS) is 10.4. The topological polar surface area (TPSA) is 57.5 Å². The van der Waals surface area contributed by atoms with Crippen LogP contribution in [0.5, 0.6) is 5.75 Å². The number of phenolic OH excluding ortho intramolecular Hbond substituents is 1. The van der Waals surface area contributed by atoms with Gasteiger partial charge >= 0.3 is 5.97 Å². The summed E-state index contributed by atoms with van der Waals surface area (Å²) in [6, 6.07) is 21.4. The summed E-state index contributed by atoms with van der Waals surface area (Å²) in [5.41, 5.74) is 3.19. The van der Waals surface area contributed by atoms with Crippen LogP contribution in [0.2, 0.25) is 0 Å². The molecular formula is C19H14O3. The third-order valence-electron chi connectivity index (χ3n) is 3.54. The van der Waals surface area contributed by atoms with E-state index >= 15 is 0 Å². The third kappa shape index (κ3) is 2.56. The van der Waals surface area contributed by atoms with Crippen LogP contribution in [0.4, 0.5) is 0 Å². The molecule has 22 heavy (non-hydrogen) atoms. The average Bonchev–Trinajstić information content (AvgIpc) is 2.55. The second-order valence-corrected chi connectivity index (χ2v) is 4.95. The van der Waals surface area contributed by atoms with Crippen molar-refractivity contribution in [2.45, 2.75) is 0 Å². The van der Waals surface area contributed by atoms with Gasteiger partial charge in [0.2, 0.25) is 0 Å². The van der Waals surface area contributed by atoms with Crippen LogP contribution in [-0.2, 0) is 0 Å².